The fourth-order valence-electron chi connectivity index (χ4n) is 4.28. The van der Waals surface area contributed by atoms with Crippen molar-refractivity contribution in [2.75, 3.05) is 13.7 Å². The average Bonchev–Trinajstić information content (AvgIpc) is 3.61. The Balaban J connectivity index is 1.18. The normalized spacial score (nSPS) is 13.8. The lowest BCUT2D eigenvalue weighted by atomic mass is 10.0. The van der Waals surface area contributed by atoms with E-state index < -0.39 is 0 Å². The number of rotatable bonds is 7. The van der Waals surface area contributed by atoms with Crippen LogP contribution in [0.4, 0.5) is 0 Å². The van der Waals surface area contributed by atoms with Crippen molar-refractivity contribution in [3.63, 3.8) is 0 Å². The molecule has 6 heterocycles. The second kappa shape index (κ2) is 9.04. The van der Waals surface area contributed by atoms with Crippen molar-refractivity contribution in [1.29, 1.82) is 0 Å². The summed E-state index contributed by atoms with van der Waals surface area (Å²) in [5.41, 5.74) is 5.09. The molecule has 0 saturated carbocycles. The van der Waals surface area contributed by atoms with Crippen LogP contribution in [0.2, 0.25) is 0 Å². The highest BCUT2D eigenvalue weighted by Gasteiger charge is 2.20. The van der Waals surface area contributed by atoms with Gasteiger partial charge in [0.2, 0.25) is 5.82 Å². The molecule has 5 aromatic heterocycles. The summed E-state index contributed by atoms with van der Waals surface area (Å²) in [7, 11) is 1.56. The Morgan fingerprint density at radius 1 is 1.00 bits per heavy atom. The van der Waals surface area contributed by atoms with E-state index in [-0.39, 0.29) is 6.61 Å². The highest BCUT2D eigenvalue weighted by molar-refractivity contribution is 5.56. The van der Waals surface area contributed by atoms with E-state index in [4.69, 9.17) is 23.5 Å². The minimum absolute atomic E-state index is 0.241. The summed E-state index contributed by atoms with van der Waals surface area (Å²) >= 11 is 0. The zero-order chi connectivity index (χ0) is 24.6. The predicted octanol–water partition coefficient (Wildman–Crippen LogP) is 2.93. The van der Waals surface area contributed by atoms with Gasteiger partial charge in [-0.25, -0.2) is 0 Å². The minimum Gasteiger partial charge on any atom is -0.491 e. The van der Waals surface area contributed by atoms with Gasteiger partial charge in [0.05, 0.1) is 18.5 Å². The van der Waals surface area contributed by atoms with E-state index >= 15 is 0 Å². The summed E-state index contributed by atoms with van der Waals surface area (Å²) in [6.45, 7) is 6.44. The number of hydrogen-bond acceptors (Lipinski definition) is 11. The molecule has 0 fully saturated rings. The van der Waals surface area contributed by atoms with E-state index in [9.17, 15) is 0 Å². The highest BCUT2D eigenvalue weighted by atomic mass is 16.5. The van der Waals surface area contributed by atoms with Gasteiger partial charge in [0, 0.05) is 49.9 Å². The molecule has 0 unspecified atom stereocenters. The summed E-state index contributed by atoms with van der Waals surface area (Å²) in [5, 5.41) is 21.0. The molecule has 1 aliphatic rings. The largest absolute Gasteiger partial charge is 0.491 e. The molecular formula is C24H24N8O4. The fourth-order valence-corrected chi connectivity index (χ4v) is 4.28. The molecule has 184 valence electrons. The number of pyridine rings is 1. The van der Waals surface area contributed by atoms with Crippen LogP contribution in [0, 0.1) is 13.8 Å². The van der Waals surface area contributed by atoms with Crippen LogP contribution in [0.3, 0.4) is 0 Å². The molecule has 0 N–H and O–H groups in total. The van der Waals surface area contributed by atoms with Gasteiger partial charge in [-0.2, -0.15) is 4.52 Å². The van der Waals surface area contributed by atoms with Gasteiger partial charge in [0.1, 0.15) is 18.1 Å². The molecule has 0 aliphatic carbocycles. The van der Waals surface area contributed by atoms with Crippen LogP contribution in [-0.4, -0.2) is 53.7 Å². The lowest BCUT2D eigenvalue weighted by Crippen LogP contribution is -2.31. The molecule has 36 heavy (non-hydrogen) atoms. The molecule has 0 spiro atoms. The van der Waals surface area contributed by atoms with Crippen molar-refractivity contribution in [3.8, 4) is 23.1 Å². The van der Waals surface area contributed by atoms with Gasteiger partial charge in [-0.1, -0.05) is 16.4 Å². The molecule has 0 aromatic carbocycles. The first kappa shape index (κ1) is 22.2. The highest BCUT2D eigenvalue weighted by Crippen LogP contribution is 2.28. The zero-order valence-electron chi connectivity index (χ0n) is 20.1. The van der Waals surface area contributed by atoms with Crippen molar-refractivity contribution >= 4 is 5.65 Å². The second-order valence-corrected chi connectivity index (χ2v) is 8.72. The molecule has 12 heteroatoms. The van der Waals surface area contributed by atoms with Gasteiger partial charge in [-0.05, 0) is 25.5 Å². The zero-order valence-corrected chi connectivity index (χ0v) is 20.1. The summed E-state index contributed by atoms with van der Waals surface area (Å²) in [5.74, 6) is 2.70. The second-order valence-electron chi connectivity index (χ2n) is 8.72. The van der Waals surface area contributed by atoms with E-state index in [1.165, 1.54) is 5.56 Å². The Morgan fingerprint density at radius 2 is 1.86 bits per heavy atom. The standard InChI is InChI=1S/C24H24N8O4/c1-14-8-18(29-35-14)12-31-7-6-19-16(11-31)4-5-17(25-19)13-34-24-21(33-3)10-22-26-27-23(32(22)28-24)20-9-15(2)36-30-20/h4-5,8-10H,6-7,11-13H2,1-3H3. The van der Waals surface area contributed by atoms with Gasteiger partial charge in [0.25, 0.3) is 5.88 Å². The van der Waals surface area contributed by atoms with Gasteiger partial charge < -0.3 is 18.5 Å². The third-order valence-corrected chi connectivity index (χ3v) is 6.01. The van der Waals surface area contributed by atoms with Gasteiger partial charge in [-0.15, -0.1) is 15.3 Å². The van der Waals surface area contributed by atoms with Crippen LogP contribution in [0.1, 0.15) is 34.2 Å². The number of hydrogen-bond donors (Lipinski definition) is 0. The lowest BCUT2D eigenvalue weighted by molar-refractivity contribution is 0.233. The van der Waals surface area contributed by atoms with E-state index in [1.807, 2.05) is 26.0 Å². The Morgan fingerprint density at radius 3 is 2.64 bits per heavy atom. The molecule has 0 bridgehead atoms. The fraction of sp³-hybridized carbons (Fsp3) is 0.333. The average molecular weight is 489 g/mol. The van der Waals surface area contributed by atoms with Crippen molar-refractivity contribution in [1.82, 2.24) is 40.0 Å². The van der Waals surface area contributed by atoms with E-state index in [0.29, 0.717) is 34.6 Å². The summed E-state index contributed by atoms with van der Waals surface area (Å²) in [6, 6.07) is 9.56. The van der Waals surface area contributed by atoms with Crippen molar-refractivity contribution in [2.24, 2.45) is 0 Å². The molecule has 0 amide bonds. The van der Waals surface area contributed by atoms with E-state index in [0.717, 1.165) is 48.9 Å². The lowest BCUT2D eigenvalue weighted by Gasteiger charge is -2.27. The Hall–Kier alpha value is -4.32. The number of aromatic nitrogens is 7. The number of ether oxygens (including phenoxy) is 2. The van der Waals surface area contributed by atoms with E-state index in [1.54, 1.807) is 23.8 Å². The SMILES string of the molecule is COc1cc2nnc(-c3cc(C)on3)n2nc1OCc1ccc2c(n1)CCN(Cc1cc(C)on1)C2. The van der Waals surface area contributed by atoms with Crippen LogP contribution in [0.5, 0.6) is 11.6 Å². The summed E-state index contributed by atoms with van der Waals surface area (Å²) in [4.78, 5) is 7.18. The quantitative estimate of drug-likeness (QED) is 0.335. The number of nitrogens with zero attached hydrogens (tertiary/aromatic N) is 8. The van der Waals surface area contributed by atoms with Crippen LogP contribution >= 0.6 is 0 Å². The van der Waals surface area contributed by atoms with Crippen molar-refractivity contribution in [3.05, 3.63) is 64.5 Å². The molecule has 12 nitrogen and oxygen atoms in total. The molecule has 1 aliphatic heterocycles. The maximum absolute atomic E-state index is 6.03. The Bertz CT molecular complexity index is 1540. The van der Waals surface area contributed by atoms with Crippen LogP contribution in [0.15, 0.2) is 39.4 Å². The number of methoxy groups -OCH3 is 1. The molecule has 0 radical (unpaired) electrons. The smallest absolute Gasteiger partial charge is 0.275 e. The maximum atomic E-state index is 6.03. The monoisotopic (exact) mass is 488 g/mol. The molecule has 0 saturated heterocycles. The topological polar surface area (TPSA) is 130 Å². The summed E-state index contributed by atoms with van der Waals surface area (Å²) < 4.78 is 23.4. The summed E-state index contributed by atoms with van der Waals surface area (Å²) in [6.07, 6.45) is 0.856. The first-order valence-electron chi connectivity index (χ1n) is 11.5. The van der Waals surface area contributed by atoms with E-state index in [2.05, 4.69) is 36.6 Å². The molecule has 6 rings (SSSR count). The Labute approximate surface area is 205 Å². The van der Waals surface area contributed by atoms with Crippen LogP contribution < -0.4 is 9.47 Å². The molecule has 0 atom stereocenters. The Kier molecular flexibility index (Phi) is 5.56. The third kappa shape index (κ3) is 4.26. The molecular weight excluding hydrogens is 464 g/mol. The van der Waals surface area contributed by atoms with Gasteiger partial charge in [0.15, 0.2) is 17.1 Å². The number of aryl methyl sites for hydroxylation is 2. The van der Waals surface area contributed by atoms with Crippen LogP contribution in [-0.2, 0) is 26.1 Å². The first-order valence-corrected chi connectivity index (χ1v) is 11.5. The predicted molar refractivity (Wildman–Crippen MR) is 125 cm³/mol. The van der Waals surface area contributed by atoms with Gasteiger partial charge in [-0.3, -0.25) is 9.88 Å². The molecule has 5 aromatic rings. The van der Waals surface area contributed by atoms with Crippen molar-refractivity contribution in [2.45, 2.75) is 40.0 Å². The van der Waals surface area contributed by atoms with Crippen LogP contribution in [0.25, 0.3) is 17.2 Å². The van der Waals surface area contributed by atoms with Gasteiger partial charge >= 0.3 is 0 Å². The maximum Gasteiger partial charge on any atom is 0.275 e. The minimum atomic E-state index is 0.241. The third-order valence-electron chi connectivity index (χ3n) is 6.01. The first-order chi connectivity index (χ1) is 17.6. The number of fused-ring (bicyclic) bond motifs is 2. The van der Waals surface area contributed by atoms with Crippen molar-refractivity contribution < 1.29 is 18.5 Å².